The molecule has 0 N–H and O–H groups in total. The zero-order valence-electron chi connectivity index (χ0n) is 23.2. The van der Waals surface area contributed by atoms with Gasteiger partial charge in [-0.3, -0.25) is 0 Å². The van der Waals surface area contributed by atoms with E-state index in [-0.39, 0.29) is 0 Å². The molecule has 0 bridgehead atoms. The van der Waals surface area contributed by atoms with Crippen LogP contribution in [0, 0.1) is 6.92 Å². The molecule has 3 aliphatic rings. The van der Waals surface area contributed by atoms with Gasteiger partial charge < -0.3 is 0 Å². The van der Waals surface area contributed by atoms with Gasteiger partial charge in [-0.25, -0.2) is 4.57 Å². The number of nitrogens with zero attached hydrogens (tertiary/aromatic N) is 1. The summed E-state index contributed by atoms with van der Waals surface area (Å²) in [4.78, 5) is 0. The number of benzene rings is 2. The number of pyridine rings is 1. The summed E-state index contributed by atoms with van der Waals surface area (Å²) in [6, 6.07) is 15.2. The van der Waals surface area contributed by atoms with E-state index in [2.05, 4.69) is 74.2 Å². The highest BCUT2D eigenvalue weighted by Crippen LogP contribution is 2.44. The van der Waals surface area contributed by atoms with Crippen molar-refractivity contribution in [3.8, 4) is 11.3 Å². The van der Waals surface area contributed by atoms with E-state index in [0.29, 0.717) is 0 Å². The summed E-state index contributed by atoms with van der Waals surface area (Å²) in [5.74, 6) is 1.52. The van der Waals surface area contributed by atoms with E-state index in [9.17, 15) is 0 Å². The monoisotopic (exact) mass is 496 g/mol. The summed E-state index contributed by atoms with van der Waals surface area (Å²) in [6.45, 7) is 7.67. The molecule has 3 saturated carbocycles. The molecular weight excluding hydrogens is 450 g/mol. The second-order valence-electron chi connectivity index (χ2n) is 13.0. The molecule has 1 aromatic heterocycles. The minimum Gasteiger partial charge on any atom is -0.200 e. The van der Waals surface area contributed by atoms with Crippen LogP contribution in [0.25, 0.3) is 22.0 Å². The van der Waals surface area contributed by atoms with Crippen molar-refractivity contribution < 1.29 is 4.57 Å². The molecule has 1 nitrogen and oxygen atoms in total. The molecule has 3 aliphatic carbocycles. The van der Waals surface area contributed by atoms with Crippen molar-refractivity contribution in [1.29, 1.82) is 0 Å². The fraction of sp³-hybridized carbons (Fsp3) is 0.559. The Balaban J connectivity index is 1.50. The van der Waals surface area contributed by atoms with Crippen molar-refractivity contribution in [2.24, 2.45) is 7.05 Å². The maximum atomic E-state index is 2.64. The van der Waals surface area contributed by atoms with Crippen LogP contribution in [0.15, 0.2) is 42.6 Å². The van der Waals surface area contributed by atoms with Crippen LogP contribution in [-0.4, -0.2) is 8.07 Å². The Labute approximate surface area is 220 Å². The lowest BCUT2D eigenvalue weighted by atomic mass is 9.84. The van der Waals surface area contributed by atoms with Crippen LogP contribution < -0.4 is 9.75 Å². The lowest BCUT2D eigenvalue weighted by Gasteiger charge is -2.30. The third kappa shape index (κ3) is 4.28. The van der Waals surface area contributed by atoms with Gasteiger partial charge in [0.05, 0.1) is 19.0 Å². The van der Waals surface area contributed by atoms with E-state index in [0.717, 1.165) is 17.4 Å². The van der Waals surface area contributed by atoms with Crippen LogP contribution in [-0.2, 0) is 7.05 Å². The van der Waals surface area contributed by atoms with Crippen molar-refractivity contribution >= 4 is 24.0 Å². The fourth-order valence-corrected chi connectivity index (χ4v) is 11.5. The van der Waals surface area contributed by atoms with E-state index in [4.69, 9.17) is 0 Å². The number of fused-ring (bicyclic) bond motifs is 1. The topological polar surface area (TPSA) is 3.88 Å². The third-order valence-corrected chi connectivity index (χ3v) is 15.0. The summed E-state index contributed by atoms with van der Waals surface area (Å²) in [6.07, 6.45) is 19.2. The van der Waals surface area contributed by atoms with Crippen LogP contribution >= 0.6 is 0 Å². The Morgan fingerprint density at radius 3 is 2.08 bits per heavy atom. The predicted molar refractivity (Wildman–Crippen MR) is 157 cm³/mol. The molecule has 2 heteroatoms. The van der Waals surface area contributed by atoms with Gasteiger partial charge in [-0.1, -0.05) is 87.8 Å². The van der Waals surface area contributed by atoms with Crippen LogP contribution in [0.2, 0.25) is 18.6 Å². The first-order valence-corrected chi connectivity index (χ1v) is 18.1. The number of rotatable bonds is 5. The number of hydrogen-bond donors (Lipinski definition) is 0. The Bertz CT molecular complexity index is 1250. The summed E-state index contributed by atoms with van der Waals surface area (Å²) >= 11 is 0. The van der Waals surface area contributed by atoms with Crippen LogP contribution in [0.3, 0.4) is 0 Å². The van der Waals surface area contributed by atoms with Gasteiger partial charge in [0.25, 0.3) is 0 Å². The largest absolute Gasteiger partial charge is 0.220 e. The third-order valence-electron chi connectivity index (χ3n) is 10.6. The summed E-state index contributed by atoms with van der Waals surface area (Å²) in [5, 5.41) is 4.53. The molecule has 3 fully saturated rings. The molecule has 2 aromatic carbocycles. The van der Waals surface area contributed by atoms with Gasteiger partial charge in [0.1, 0.15) is 7.05 Å². The van der Waals surface area contributed by atoms with E-state index in [1.54, 1.807) is 16.3 Å². The van der Waals surface area contributed by atoms with Crippen LogP contribution in [0.1, 0.15) is 106 Å². The van der Waals surface area contributed by atoms with Gasteiger partial charge in [0.15, 0.2) is 6.20 Å². The van der Waals surface area contributed by atoms with Crippen molar-refractivity contribution in [1.82, 2.24) is 0 Å². The lowest BCUT2D eigenvalue weighted by Crippen LogP contribution is -2.45. The van der Waals surface area contributed by atoms with Crippen molar-refractivity contribution in [2.75, 3.05) is 0 Å². The lowest BCUT2D eigenvalue weighted by molar-refractivity contribution is -0.659. The quantitative estimate of drug-likeness (QED) is 0.245. The Hall–Kier alpha value is -1.93. The highest BCUT2D eigenvalue weighted by molar-refractivity contribution is 6.91. The molecule has 0 radical (unpaired) electrons. The smallest absolute Gasteiger partial charge is 0.200 e. The second-order valence-corrected chi connectivity index (χ2v) is 17.9. The molecule has 190 valence electrons. The summed E-state index contributed by atoms with van der Waals surface area (Å²) in [5.41, 5.74) is 8.70. The maximum absolute atomic E-state index is 2.64. The normalized spacial score (nSPS) is 20.2. The van der Waals surface area contributed by atoms with Gasteiger partial charge in [0, 0.05) is 6.07 Å². The highest BCUT2D eigenvalue weighted by Gasteiger charge is 2.36. The molecule has 0 saturated heterocycles. The molecule has 0 aliphatic heterocycles. The molecule has 0 spiro atoms. The first-order chi connectivity index (χ1) is 17.4. The molecule has 6 rings (SSSR count). The first kappa shape index (κ1) is 24.4. The molecule has 0 amide bonds. The zero-order valence-corrected chi connectivity index (χ0v) is 24.2. The van der Waals surface area contributed by atoms with Crippen LogP contribution in [0.5, 0.6) is 0 Å². The van der Waals surface area contributed by atoms with Crippen molar-refractivity contribution in [3.63, 3.8) is 0 Å². The van der Waals surface area contributed by atoms with E-state index in [1.807, 2.05) is 0 Å². The predicted octanol–water partition coefficient (Wildman–Crippen LogP) is 8.81. The van der Waals surface area contributed by atoms with E-state index >= 15 is 0 Å². The van der Waals surface area contributed by atoms with Crippen molar-refractivity contribution in [3.05, 3.63) is 59.3 Å². The molecular formula is C34H46NSi+. The number of aromatic nitrogens is 1. The van der Waals surface area contributed by atoms with Gasteiger partial charge >= 0.3 is 0 Å². The molecule has 0 atom stereocenters. The first-order valence-electron chi connectivity index (χ1n) is 15.0. The van der Waals surface area contributed by atoms with E-state index < -0.39 is 8.07 Å². The Morgan fingerprint density at radius 2 is 1.39 bits per heavy atom. The Morgan fingerprint density at radius 1 is 0.750 bits per heavy atom. The summed E-state index contributed by atoms with van der Waals surface area (Å²) in [7, 11) is 0.816. The molecule has 1 heterocycles. The second kappa shape index (κ2) is 9.75. The van der Waals surface area contributed by atoms with E-state index in [1.165, 1.54) is 105 Å². The standard InChI is InChI=1S/C34H46NSi/c1-24-32(26-13-7-8-14-26)22-28(25-11-5-6-12-25)23-33(24)34-31-18-17-30(21-27(31)19-20-35(34)2)36(3,4)29-15-9-10-16-29/h17-23,25-26,29H,5-16H2,1-4H3/q+1. The number of hydrogen-bond acceptors (Lipinski definition) is 0. The van der Waals surface area contributed by atoms with Gasteiger partial charge in [-0.15, -0.1) is 0 Å². The minimum atomic E-state index is -1.45. The van der Waals surface area contributed by atoms with Gasteiger partial charge in [0.2, 0.25) is 5.69 Å². The number of aryl methyl sites for hydroxylation is 1. The van der Waals surface area contributed by atoms with Crippen LogP contribution in [0.4, 0.5) is 0 Å². The van der Waals surface area contributed by atoms with Gasteiger partial charge in [-0.05, 0) is 84.2 Å². The maximum Gasteiger partial charge on any atom is 0.220 e. The summed E-state index contributed by atoms with van der Waals surface area (Å²) < 4.78 is 2.40. The zero-order chi connectivity index (χ0) is 24.9. The SMILES string of the molecule is Cc1c(-c2c3ccc([Si](C)(C)C4CCCC4)cc3cc[n+]2C)cc(C2CCCC2)cc1C1CCCC1. The van der Waals surface area contributed by atoms with Crippen molar-refractivity contribution in [2.45, 2.75) is 114 Å². The Kier molecular flexibility index (Phi) is 6.61. The highest BCUT2D eigenvalue weighted by atomic mass is 28.3. The minimum absolute atomic E-state index is 0.759. The average Bonchev–Trinajstić information content (AvgIpc) is 3.68. The van der Waals surface area contributed by atoms with Gasteiger partial charge in [-0.2, -0.15) is 0 Å². The molecule has 36 heavy (non-hydrogen) atoms. The molecule has 3 aromatic rings. The fourth-order valence-electron chi connectivity index (χ4n) is 8.15. The molecule has 0 unspecified atom stereocenters. The average molecular weight is 497 g/mol.